The van der Waals surface area contributed by atoms with Crippen LogP contribution in [0.4, 0.5) is 11.6 Å². The monoisotopic (exact) mass is 478 g/mol. The molecule has 0 unspecified atom stereocenters. The molecule has 2 heterocycles. The quantitative estimate of drug-likeness (QED) is 0.331. The Kier molecular flexibility index (Phi) is 6.03. The first-order valence-corrected chi connectivity index (χ1v) is 11.7. The molecule has 174 valence electrons. The lowest BCUT2D eigenvalue weighted by Crippen LogP contribution is -2.16. The van der Waals surface area contributed by atoms with Gasteiger partial charge in [0.15, 0.2) is 0 Å². The number of anilines is 2. The molecule has 0 spiro atoms. The van der Waals surface area contributed by atoms with Crippen molar-refractivity contribution in [1.29, 1.82) is 0 Å². The van der Waals surface area contributed by atoms with Gasteiger partial charge in [-0.3, -0.25) is 9.89 Å². The second-order valence-electron chi connectivity index (χ2n) is 7.75. The number of benzene rings is 2. The van der Waals surface area contributed by atoms with Gasteiger partial charge in [0, 0.05) is 23.1 Å². The second-order valence-corrected chi connectivity index (χ2v) is 9.43. The predicted molar refractivity (Wildman–Crippen MR) is 127 cm³/mol. The standard InChI is InChI=1S/C23H22N6O4S/c1-13-10-14(2)21(20(30)11-13)18-12-19(28-27-18)22(31)26-16-4-6-17(7-5-16)34(32,33)29-23-24-9-8-15(3)25-23/h4-12,30H,1-3H3,(H,26,31)(H,27,28)(H,24,25,29). The van der Waals surface area contributed by atoms with E-state index in [9.17, 15) is 18.3 Å². The topological polar surface area (TPSA) is 150 Å². The van der Waals surface area contributed by atoms with Gasteiger partial charge in [0.2, 0.25) is 5.95 Å². The highest BCUT2D eigenvalue weighted by Gasteiger charge is 2.18. The lowest BCUT2D eigenvalue weighted by Gasteiger charge is -2.08. The van der Waals surface area contributed by atoms with Crippen LogP contribution in [0.25, 0.3) is 11.3 Å². The minimum Gasteiger partial charge on any atom is -0.507 e. The molecule has 4 aromatic rings. The molecule has 0 aliphatic heterocycles. The van der Waals surface area contributed by atoms with Crippen molar-refractivity contribution in [2.24, 2.45) is 0 Å². The summed E-state index contributed by atoms with van der Waals surface area (Å²) in [5, 5.41) is 19.8. The number of H-pyrrole nitrogens is 1. The van der Waals surface area contributed by atoms with Gasteiger partial charge in [-0.1, -0.05) is 6.07 Å². The van der Waals surface area contributed by atoms with Crippen LogP contribution in [0, 0.1) is 20.8 Å². The number of nitrogens with one attached hydrogen (secondary N) is 3. The van der Waals surface area contributed by atoms with Crippen molar-refractivity contribution in [1.82, 2.24) is 20.2 Å². The number of aromatic nitrogens is 4. The van der Waals surface area contributed by atoms with Crippen LogP contribution in [-0.2, 0) is 10.0 Å². The smallest absolute Gasteiger partial charge is 0.273 e. The summed E-state index contributed by atoms with van der Waals surface area (Å²) in [7, 11) is -3.89. The van der Waals surface area contributed by atoms with E-state index in [0.717, 1.165) is 11.1 Å². The number of carbonyl (C=O) groups excluding carboxylic acids is 1. The molecular weight excluding hydrogens is 456 g/mol. The Bertz CT molecular complexity index is 1460. The van der Waals surface area contributed by atoms with E-state index in [4.69, 9.17) is 0 Å². The highest BCUT2D eigenvalue weighted by atomic mass is 32.2. The molecule has 4 rings (SSSR count). The largest absolute Gasteiger partial charge is 0.507 e. The minimum atomic E-state index is -3.89. The Hall–Kier alpha value is -4.25. The average Bonchev–Trinajstić information content (AvgIpc) is 3.23. The number of nitrogens with zero attached hydrogens (tertiary/aromatic N) is 3. The average molecular weight is 479 g/mol. The number of aromatic amines is 1. The fraction of sp³-hybridized carbons (Fsp3) is 0.130. The summed E-state index contributed by atoms with van der Waals surface area (Å²) in [4.78, 5) is 20.6. The summed E-state index contributed by atoms with van der Waals surface area (Å²) in [6, 6.07) is 12.4. The molecule has 2 aromatic carbocycles. The van der Waals surface area contributed by atoms with Crippen molar-refractivity contribution in [2.45, 2.75) is 25.7 Å². The van der Waals surface area contributed by atoms with Gasteiger partial charge < -0.3 is 10.4 Å². The molecule has 0 radical (unpaired) electrons. The van der Waals surface area contributed by atoms with Crippen LogP contribution < -0.4 is 10.0 Å². The molecule has 0 bridgehead atoms. The molecule has 34 heavy (non-hydrogen) atoms. The molecule has 0 saturated heterocycles. The normalized spacial score (nSPS) is 11.3. The maximum atomic E-state index is 12.6. The molecule has 0 atom stereocenters. The van der Waals surface area contributed by atoms with Crippen LogP contribution >= 0.6 is 0 Å². The van der Waals surface area contributed by atoms with Crippen molar-refractivity contribution in [3.05, 3.63) is 77.2 Å². The zero-order chi connectivity index (χ0) is 24.5. The molecule has 1 amide bonds. The van der Waals surface area contributed by atoms with Crippen LogP contribution in [0.15, 0.2) is 59.6 Å². The van der Waals surface area contributed by atoms with E-state index < -0.39 is 15.9 Å². The third kappa shape index (κ3) is 4.89. The van der Waals surface area contributed by atoms with E-state index in [0.29, 0.717) is 22.6 Å². The maximum Gasteiger partial charge on any atom is 0.273 e. The lowest BCUT2D eigenvalue weighted by molar-refractivity contribution is 0.102. The summed E-state index contributed by atoms with van der Waals surface area (Å²) < 4.78 is 27.5. The number of rotatable bonds is 6. The van der Waals surface area contributed by atoms with Crippen LogP contribution in [0.5, 0.6) is 5.75 Å². The van der Waals surface area contributed by atoms with Gasteiger partial charge in [0.25, 0.3) is 15.9 Å². The van der Waals surface area contributed by atoms with Gasteiger partial charge in [-0.05, 0) is 74.4 Å². The zero-order valence-electron chi connectivity index (χ0n) is 18.6. The van der Waals surface area contributed by atoms with E-state index in [1.807, 2.05) is 19.9 Å². The first-order valence-electron chi connectivity index (χ1n) is 10.2. The zero-order valence-corrected chi connectivity index (χ0v) is 19.4. The minimum absolute atomic E-state index is 0.00949. The second kappa shape index (κ2) is 8.94. The van der Waals surface area contributed by atoms with Crippen molar-refractivity contribution in [2.75, 3.05) is 10.0 Å². The summed E-state index contributed by atoms with van der Waals surface area (Å²) >= 11 is 0. The number of hydrogen-bond acceptors (Lipinski definition) is 7. The van der Waals surface area contributed by atoms with Gasteiger partial charge in [-0.2, -0.15) is 5.10 Å². The van der Waals surface area contributed by atoms with E-state index in [1.54, 1.807) is 19.1 Å². The van der Waals surface area contributed by atoms with Gasteiger partial charge >= 0.3 is 0 Å². The predicted octanol–water partition coefficient (Wildman–Crippen LogP) is 3.55. The number of hydrogen-bond donors (Lipinski definition) is 4. The van der Waals surface area contributed by atoms with Crippen LogP contribution in [0.3, 0.4) is 0 Å². The Morgan fingerprint density at radius 1 is 1.03 bits per heavy atom. The molecule has 0 aliphatic rings. The third-order valence-electron chi connectivity index (χ3n) is 4.98. The van der Waals surface area contributed by atoms with E-state index >= 15 is 0 Å². The van der Waals surface area contributed by atoms with E-state index in [-0.39, 0.29) is 22.3 Å². The van der Waals surface area contributed by atoms with Crippen molar-refractivity contribution < 1.29 is 18.3 Å². The number of phenolic OH excluding ortho intramolecular Hbond substituents is 1. The molecule has 0 saturated carbocycles. The van der Waals surface area contributed by atoms with Crippen LogP contribution in [0.2, 0.25) is 0 Å². The Morgan fingerprint density at radius 3 is 2.44 bits per heavy atom. The van der Waals surface area contributed by atoms with E-state index in [1.165, 1.54) is 36.5 Å². The van der Waals surface area contributed by atoms with Crippen LogP contribution in [-0.4, -0.2) is 39.6 Å². The number of sulfonamides is 1. The molecule has 11 heteroatoms. The van der Waals surface area contributed by atoms with Crippen molar-refractivity contribution >= 4 is 27.6 Å². The van der Waals surface area contributed by atoms with Gasteiger partial charge in [-0.15, -0.1) is 0 Å². The van der Waals surface area contributed by atoms with Crippen molar-refractivity contribution in [3.63, 3.8) is 0 Å². The third-order valence-corrected chi connectivity index (χ3v) is 6.32. The maximum absolute atomic E-state index is 12.6. The summed E-state index contributed by atoms with van der Waals surface area (Å²) in [5.41, 5.74) is 3.93. The Labute approximate surface area is 196 Å². The number of amides is 1. The molecular formula is C23H22N6O4S. The number of carbonyl (C=O) groups is 1. The summed E-state index contributed by atoms with van der Waals surface area (Å²) in [5.74, 6) is -0.412. The van der Waals surface area contributed by atoms with E-state index in [2.05, 4.69) is 30.2 Å². The SMILES string of the molecule is Cc1cc(C)c(-c2cc(C(=O)Nc3ccc(S(=O)(=O)Nc4nccc(C)n4)cc3)[nH]n2)c(O)c1. The number of aryl methyl sites for hydroxylation is 3. The highest BCUT2D eigenvalue weighted by molar-refractivity contribution is 7.92. The van der Waals surface area contributed by atoms with Crippen LogP contribution in [0.1, 0.15) is 27.3 Å². The van der Waals surface area contributed by atoms with Crippen molar-refractivity contribution in [3.8, 4) is 17.0 Å². The fourth-order valence-electron chi connectivity index (χ4n) is 3.44. The van der Waals surface area contributed by atoms with Gasteiger partial charge in [-0.25, -0.2) is 23.1 Å². The Balaban J connectivity index is 1.48. The number of phenols is 1. The molecule has 2 aromatic heterocycles. The Morgan fingerprint density at radius 2 is 1.76 bits per heavy atom. The molecule has 0 fully saturated rings. The summed E-state index contributed by atoms with van der Waals surface area (Å²) in [6.07, 6.45) is 1.46. The first-order chi connectivity index (χ1) is 16.1. The van der Waals surface area contributed by atoms with Gasteiger partial charge in [0.1, 0.15) is 11.4 Å². The lowest BCUT2D eigenvalue weighted by atomic mass is 10.0. The highest BCUT2D eigenvalue weighted by Crippen LogP contribution is 2.32. The fourth-order valence-corrected chi connectivity index (χ4v) is 4.39. The first kappa shape index (κ1) is 22.9. The van der Waals surface area contributed by atoms with Gasteiger partial charge in [0.05, 0.1) is 10.6 Å². The molecule has 10 nitrogen and oxygen atoms in total. The summed E-state index contributed by atoms with van der Waals surface area (Å²) in [6.45, 7) is 5.46. The number of aromatic hydroxyl groups is 1. The molecule has 4 N–H and O–H groups in total. The molecule has 0 aliphatic carbocycles.